The van der Waals surface area contributed by atoms with Crippen molar-refractivity contribution in [3.05, 3.63) is 95.7 Å². The number of unbranched alkanes of at least 4 members (excludes halogenated alkanes) is 1. The SMILES string of the molecule is O=C(NCCCCN(Cc1nc2ccccc2[nH]1)C1CCCc2cccnc21)c1cnnc2ccccc12. The van der Waals surface area contributed by atoms with E-state index in [2.05, 4.69) is 37.5 Å². The van der Waals surface area contributed by atoms with Gasteiger partial charge < -0.3 is 10.3 Å². The summed E-state index contributed by atoms with van der Waals surface area (Å²) in [6.07, 6.45) is 8.61. The molecule has 0 fully saturated rings. The predicted octanol–water partition coefficient (Wildman–Crippen LogP) is 4.99. The summed E-state index contributed by atoms with van der Waals surface area (Å²) >= 11 is 0. The summed E-state index contributed by atoms with van der Waals surface area (Å²) in [5.74, 6) is 0.861. The highest BCUT2D eigenvalue weighted by Crippen LogP contribution is 2.34. The Bertz CT molecular complexity index is 1520. The molecular weight excluding hydrogens is 474 g/mol. The number of fused-ring (bicyclic) bond motifs is 3. The van der Waals surface area contributed by atoms with Crippen molar-refractivity contribution in [2.24, 2.45) is 0 Å². The van der Waals surface area contributed by atoms with Gasteiger partial charge in [-0.25, -0.2) is 4.98 Å². The van der Waals surface area contributed by atoms with Crippen molar-refractivity contribution in [2.45, 2.75) is 44.7 Å². The molecule has 5 aromatic rings. The van der Waals surface area contributed by atoms with Crippen LogP contribution in [0.4, 0.5) is 0 Å². The van der Waals surface area contributed by atoms with Gasteiger partial charge in [0.05, 0.1) is 46.6 Å². The van der Waals surface area contributed by atoms with Gasteiger partial charge in [0.25, 0.3) is 5.91 Å². The number of aromatic nitrogens is 5. The number of hydrogen-bond acceptors (Lipinski definition) is 6. The first-order valence-electron chi connectivity index (χ1n) is 13.4. The van der Waals surface area contributed by atoms with Gasteiger partial charge in [-0.15, -0.1) is 0 Å². The number of pyridine rings is 1. The van der Waals surface area contributed by atoms with Crippen LogP contribution < -0.4 is 5.32 Å². The summed E-state index contributed by atoms with van der Waals surface area (Å²) in [5.41, 5.74) is 5.88. The van der Waals surface area contributed by atoms with Crippen LogP contribution in [0.5, 0.6) is 0 Å². The lowest BCUT2D eigenvalue weighted by Crippen LogP contribution is -2.33. The van der Waals surface area contributed by atoms with Gasteiger partial charge >= 0.3 is 0 Å². The molecule has 0 saturated heterocycles. The van der Waals surface area contributed by atoms with Gasteiger partial charge in [-0.2, -0.15) is 10.2 Å². The topological polar surface area (TPSA) is 99.7 Å². The van der Waals surface area contributed by atoms with Gasteiger partial charge in [-0.05, 0) is 68.5 Å². The third-order valence-corrected chi connectivity index (χ3v) is 7.35. The number of carbonyl (C=O) groups excluding carboxylic acids is 1. The van der Waals surface area contributed by atoms with Gasteiger partial charge in [-0.3, -0.25) is 14.7 Å². The fraction of sp³-hybridized carbons (Fsp3) is 0.300. The number of amides is 1. The number of rotatable bonds is 9. The van der Waals surface area contributed by atoms with Gasteiger partial charge in [0.15, 0.2) is 0 Å². The minimum atomic E-state index is -0.111. The molecule has 1 atom stereocenters. The van der Waals surface area contributed by atoms with Gasteiger partial charge in [0.2, 0.25) is 0 Å². The third-order valence-electron chi connectivity index (χ3n) is 7.35. The van der Waals surface area contributed by atoms with E-state index in [0.717, 1.165) is 73.0 Å². The molecule has 0 radical (unpaired) electrons. The molecule has 1 unspecified atom stereocenters. The molecule has 2 aromatic carbocycles. The minimum absolute atomic E-state index is 0.111. The number of aryl methyl sites for hydroxylation is 1. The Hall–Kier alpha value is -4.17. The summed E-state index contributed by atoms with van der Waals surface area (Å²) < 4.78 is 0. The molecule has 0 spiro atoms. The second-order valence-corrected chi connectivity index (χ2v) is 9.87. The highest BCUT2D eigenvalue weighted by atomic mass is 16.1. The number of nitrogens with zero attached hydrogens (tertiary/aromatic N) is 5. The standard InChI is InChI=1S/C30H31N7O/c38-30(23-19-33-36-24-12-2-1-11-22(23)24)32-16-5-6-18-37(20-28-34-25-13-3-4-14-26(25)35-28)27-15-7-9-21-10-8-17-31-29(21)27/h1-4,8,10-14,17,19,27H,5-7,9,15-16,18,20H2,(H,32,38)(H,34,35). The zero-order valence-electron chi connectivity index (χ0n) is 21.3. The molecule has 38 heavy (non-hydrogen) atoms. The Kier molecular flexibility index (Phi) is 7.04. The van der Waals surface area contributed by atoms with Gasteiger partial charge in [-0.1, -0.05) is 36.4 Å². The Morgan fingerprint density at radius 1 is 1.03 bits per heavy atom. The van der Waals surface area contributed by atoms with Gasteiger partial charge in [0, 0.05) is 18.1 Å². The van der Waals surface area contributed by atoms with E-state index in [1.165, 1.54) is 11.3 Å². The summed E-state index contributed by atoms with van der Waals surface area (Å²) in [6.45, 7) is 2.23. The Morgan fingerprint density at radius 3 is 2.82 bits per heavy atom. The number of benzene rings is 2. The summed E-state index contributed by atoms with van der Waals surface area (Å²) in [7, 11) is 0. The van der Waals surface area contributed by atoms with E-state index >= 15 is 0 Å². The van der Waals surface area contributed by atoms with Crippen LogP contribution >= 0.6 is 0 Å². The zero-order chi connectivity index (χ0) is 25.7. The molecule has 1 aliphatic rings. The highest BCUT2D eigenvalue weighted by molar-refractivity contribution is 6.05. The number of carbonyl (C=O) groups is 1. The van der Waals surface area contributed by atoms with Crippen molar-refractivity contribution in [3.63, 3.8) is 0 Å². The lowest BCUT2D eigenvalue weighted by molar-refractivity contribution is 0.0953. The van der Waals surface area contributed by atoms with Crippen LogP contribution in [0.1, 0.15) is 59.2 Å². The maximum Gasteiger partial charge on any atom is 0.253 e. The largest absolute Gasteiger partial charge is 0.352 e. The Balaban J connectivity index is 1.12. The van der Waals surface area contributed by atoms with E-state index in [1.807, 2.05) is 54.7 Å². The predicted molar refractivity (Wildman–Crippen MR) is 148 cm³/mol. The average Bonchev–Trinajstić information content (AvgIpc) is 3.38. The van der Waals surface area contributed by atoms with E-state index in [1.54, 1.807) is 6.20 Å². The van der Waals surface area contributed by atoms with E-state index in [0.29, 0.717) is 12.1 Å². The zero-order valence-corrected chi connectivity index (χ0v) is 21.3. The lowest BCUT2D eigenvalue weighted by Gasteiger charge is -2.34. The molecule has 0 saturated carbocycles. The smallest absolute Gasteiger partial charge is 0.253 e. The van der Waals surface area contributed by atoms with Crippen molar-refractivity contribution in [3.8, 4) is 0 Å². The fourth-order valence-corrected chi connectivity index (χ4v) is 5.48. The Morgan fingerprint density at radius 2 is 1.89 bits per heavy atom. The third kappa shape index (κ3) is 5.13. The molecule has 8 heteroatoms. The number of H-pyrrole nitrogens is 1. The molecule has 3 heterocycles. The lowest BCUT2D eigenvalue weighted by atomic mass is 9.90. The van der Waals surface area contributed by atoms with Crippen molar-refractivity contribution in [1.82, 2.24) is 35.4 Å². The highest BCUT2D eigenvalue weighted by Gasteiger charge is 2.27. The van der Waals surface area contributed by atoms with Crippen LogP contribution in [-0.2, 0) is 13.0 Å². The van der Waals surface area contributed by atoms with Crippen LogP contribution in [0.2, 0.25) is 0 Å². The number of hydrogen-bond donors (Lipinski definition) is 2. The van der Waals surface area contributed by atoms with Crippen LogP contribution in [0, 0.1) is 0 Å². The molecule has 8 nitrogen and oxygen atoms in total. The van der Waals surface area contributed by atoms with E-state index in [9.17, 15) is 4.79 Å². The summed E-state index contributed by atoms with van der Waals surface area (Å²) in [5, 5.41) is 12.0. The van der Waals surface area contributed by atoms with Crippen LogP contribution in [0.3, 0.4) is 0 Å². The van der Waals surface area contributed by atoms with Crippen molar-refractivity contribution < 1.29 is 4.79 Å². The number of para-hydroxylation sites is 2. The van der Waals surface area contributed by atoms with Crippen molar-refractivity contribution >= 4 is 27.8 Å². The first kappa shape index (κ1) is 24.2. The second-order valence-electron chi connectivity index (χ2n) is 9.87. The molecule has 1 aliphatic carbocycles. The molecule has 192 valence electrons. The summed E-state index contributed by atoms with van der Waals surface area (Å²) in [4.78, 5) is 28.5. The molecule has 0 aliphatic heterocycles. The first-order valence-corrected chi connectivity index (χ1v) is 13.4. The van der Waals surface area contributed by atoms with E-state index in [4.69, 9.17) is 9.97 Å². The van der Waals surface area contributed by atoms with Crippen molar-refractivity contribution in [2.75, 3.05) is 13.1 Å². The maximum absolute atomic E-state index is 12.9. The quantitative estimate of drug-likeness (QED) is 0.274. The number of nitrogens with one attached hydrogen (secondary N) is 2. The van der Waals surface area contributed by atoms with Crippen molar-refractivity contribution in [1.29, 1.82) is 0 Å². The summed E-state index contributed by atoms with van der Waals surface area (Å²) in [6, 6.07) is 20.3. The van der Waals surface area contributed by atoms with E-state index in [-0.39, 0.29) is 11.9 Å². The normalized spacial score (nSPS) is 15.1. The average molecular weight is 506 g/mol. The van der Waals surface area contributed by atoms with Crippen LogP contribution in [0.15, 0.2) is 73.1 Å². The number of imidazole rings is 1. The molecular formula is C30H31N7O. The molecule has 2 N–H and O–H groups in total. The molecule has 3 aromatic heterocycles. The van der Waals surface area contributed by atoms with E-state index < -0.39 is 0 Å². The molecule has 6 rings (SSSR count). The Labute approximate surface area is 221 Å². The second kappa shape index (κ2) is 11.1. The molecule has 1 amide bonds. The minimum Gasteiger partial charge on any atom is -0.352 e. The van der Waals surface area contributed by atoms with Gasteiger partial charge in [0.1, 0.15) is 5.82 Å². The number of aromatic amines is 1. The molecule has 0 bridgehead atoms. The maximum atomic E-state index is 12.9. The first-order chi connectivity index (χ1) is 18.8. The van der Waals surface area contributed by atoms with Crippen LogP contribution in [0.25, 0.3) is 21.9 Å². The monoisotopic (exact) mass is 505 g/mol. The van der Waals surface area contributed by atoms with Crippen LogP contribution in [-0.4, -0.2) is 49.0 Å². The fourth-order valence-electron chi connectivity index (χ4n) is 5.48.